The molecule has 0 spiro atoms. The van der Waals surface area contributed by atoms with E-state index in [0.717, 1.165) is 0 Å². The summed E-state index contributed by atoms with van der Waals surface area (Å²) in [5, 5.41) is 0. The van der Waals surface area contributed by atoms with Gasteiger partial charge in [0.1, 0.15) is 12.2 Å². The van der Waals surface area contributed by atoms with Crippen molar-refractivity contribution in [1.82, 2.24) is 0 Å². The highest BCUT2D eigenvalue weighted by Gasteiger charge is 2.43. The van der Waals surface area contributed by atoms with Crippen molar-refractivity contribution in [2.45, 2.75) is 44.4 Å². The van der Waals surface area contributed by atoms with Crippen molar-refractivity contribution in [1.29, 1.82) is 0 Å². The van der Waals surface area contributed by atoms with E-state index < -0.39 is 5.79 Å². The molecule has 6 heteroatoms. The molecule has 0 radical (unpaired) electrons. The number of hydrogen-bond donors (Lipinski definition) is 0. The molecule has 0 aromatic heterocycles. The Bertz CT molecular complexity index is 672. The minimum absolute atomic E-state index is 0.0522. The zero-order chi connectivity index (χ0) is 15.9. The molecule has 1 aliphatic carbocycles. The molecule has 1 saturated heterocycles. The first-order chi connectivity index (χ1) is 10.4. The smallest absolute Gasteiger partial charge is 0.235 e. The van der Waals surface area contributed by atoms with Gasteiger partial charge in [0.15, 0.2) is 11.5 Å². The maximum absolute atomic E-state index is 12.3. The van der Waals surface area contributed by atoms with Gasteiger partial charge in [-0.15, -0.1) is 0 Å². The maximum Gasteiger partial charge on any atom is 0.235 e. The summed E-state index contributed by atoms with van der Waals surface area (Å²) >= 11 is 6.65. The van der Waals surface area contributed by atoms with E-state index >= 15 is 0 Å². The molecular weight excluding hydrogens is 416 g/mol. The fraction of sp³-hybridized carbons (Fsp3) is 0.438. The lowest BCUT2D eigenvalue weighted by Gasteiger charge is -2.25. The van der Waals surface area contributed by atoms with E-state index in [0.29, 0.717) is 21.1 Å². The van der Waals surface area contributed by atoms with E-state index in [1.807, 2.05) is 26.0 Å². The van der Waals surface area contributed by atoms with Gasteiger partial charge < -0.3 is 14.2 Å². The highest BCUT2D eigenvalue weighted by molar-refractivity contribution is 9.11. The average Bonchev–Trinajstić information content (AvgIpc) is 2.70. The quantitative estimate of drug-likeness (QED) is 0.668. The van der Waals surface area contributed by atoms with Crippen LogP contribution in [0.2, 0.25) is 0 Å². The van der Waals surface area contributed by atoms with Gasteiger partial charge in [0.2, 0.25) is 5.43 Å². The molecule has 4 nitrogen and oxygen atoms in total. The summed E-state index contributed by atoms with van der Waals surface area (Å²) in [5.74, 6) is -0.288. The monoisotopic (exact) mass is 430 g/mol. The minimum Gasteiger partial charge on any atom is -0.481 e. The third-order valence-corrected chi connectivity index (χ3v) is 4.84. The number of ether oxygens (including phenoxy) is 3. The van der Waals surface area contributed by atoms with Gasteiger partial charge >= 0.3 is 0 Å². The minimum atomic E-state index is -0.582. The highest BCUT2D eigenvalue weighted by atomic mass is 79.9. The first-order valence-corrected chi connectivity index (χ1v) is 8.63. The SMILES string of the molecule is CC1(C)O[C@H]2C=C[C@H](Oc3c(Br)cccc(Br)c3=O)C[C@H]2O1. The Morgan fingerprint density at radius 1 is 1.18 bits per heavy atom. The van der Waals surface area contributed by atoms with E-state index in [1.165, 1.54) is 0 Å². The van der Waals surface area contributed by atoms with Gasteiger partial charge in [-0.1, -0.05) is 12.1 Å². The zero-order valence-corrected chi connectivity index (χ0v) is 15.4. The van der Waals surface area contributed by atoms with Gasteiger partial charge in [-0.25, -0.2) is 0 Å². The summed E-state index contributed by atoms with van der Waals surface area (Å²) in [6, 6.07) is 5.27. The lowest BCUT2D eigenvalue weighted by molar-refractivity contribution is -0.143. The van der Waals surface area contributed by atoms with E-state index in [2.05, 4.69) is 31.9 Å². The standard InChI is InChI=1S/C16H16Br2O4/c1-16(2)21-12-7-6-9(8-13(12)22-16)20-15-11(18)5-3-4-10(17)14(15)19/h3-7,9,12-13H,8H2,1-2H3/t9-,12-,13+/m0/s1. The predicted octanol–water partition coefficient (Wildman–Crippen LogP) is 3.80. The molecule has 118 valence electrons. The van der Waals surface area contributed by atoms with Crippen LogP contribution in [0.4, 0.5) is 0 Å². The molecule has 1 aromatic rings. The van der Waals surface area contributed by atoms with Crippen LogP contribution in [0.1, 0.15) is 20.3 Å². The van der Waals surface area contributed by atoms with Gasteiger partial charge in [-0.05, 0) is 63.9 Å². The lowest BCUT2D eigenvalue weighted by atomic mass is 9.99. The summed E-state index contributed by atoms with van der Waals surface area (Å²) < 4.78 is 18.7. The largest absolute Gasteiger partial charge is 0.481 e. The van der Waals surface area contributed by atoms with Crippen LogP contribution in [-0.2, 0) is 9.47 Å². The van der Waals surface area contributed by atoms with Gasteiger partial charge in [-0.3, -0.25) is 4.79 Å². The van der Waals surface area contributed by atoms with E-state index in [4.69, 9.17) is 14.2 Å². The first kappa shape index (κ1) is 16.2. The van der Waals surface area contributed by atoms with Crippen LogP contribution in [0, 0.1) is 0 Å². The number of rotatable bonds is 2. The zero-order valence-electron chi connectivity index (χ0n) is 12.2. The fourth-order valence-corrected chi connectivity index (χ4v) is 3.44. The maximum atomic E-state index is 12.3. The molecule has 0 saturated carbocycles. The van der Waals surface area contributed by atoms with Crippen molar-refractivity contribution in [2.75, 3.05) is 0 Å². The summed E-state index contributed by atoms with van der Waals surface area (Å²) in [5.41, 5.74) is -0.184. The van der Waals surface area contributed by atoms with E-state index in [-0.39, 0.29) is 23.7 Å². The number of halogens is 2. The molecule has 3 atom stereocenters. The summed E-state index contributed by atoms with van der Waals surface area (Å²) in [7, 11) is 0. The molecule has 22 heavy (non-hydrogen) atoms. The summed E-state index contributed by atoms with van der Waals surface area (Å²) in [6.45, 7) is 3.80. The van der Waals surface area contributed by atoms with E-state index in [1.54, 1.807) is 18.2 Å². The highest BCUT2D eigenvalue weighted by Crippen LogP contribution is 2.35. The molecular formula is C16H16Br2O4. The Hall–Kier alpha value is -0.690. The van der Waals surface area contributed by atoms with Crippen molar-refractivity contribution in [2.24, 2.45) is 0 Å². The van der Waals surface area contributed by atoms with Crippen LogP contribution in [0.5, 0.6) is 5.75 Å². The molecule has 0 amide bonds. The Balaban J connectivity index is 1.82. The molecule has 1 fully saturated rings. The van der Waals surface area contributed by atoms with Gasteiger partial charge in [0, 0.05) is 6.42 Å². The van der Waals surface area contributed by atoms with Gasteiger partial charge in [0.05, 0.1) is 15.0 Å². The predicted molar refractivity (Wildman–Crippen MR) is 90.1 cm³/mol. The van der Waals surface area contributed by atoms with Crippen molar-refractivity contribution in [3.05, 3.63) is 49.5 Å². The molecule has 1 heterocycles. The average molecular weight is 432 g/mol. The van der Waals surface area contributed by atoms with Crippen LogP contribution in [0.15, 0.2) is 44.1 Å². The third-order valence-electron chi connectivity index (χ3n) is 3.60. The third kappa shape index (κ3) is 3.30. The summed E-state index contributed by atoms with van der Waals surface area (Å²) in [6.07, 6.45) is 4.19. The molecule has 0 bridgehead atoms. The second-order valence-electron chi connectivity index (χ2n) is 5.80. The molecule has 0 unspecified atom stereocenters. The van der Waals surface area contributed by atoms with Crippen LogP contribution < -0.4 is 10.2 Å². The molecule has 1 aliphatic heterocycles. The normalized spacial score (nSPS) is 29.2. The lowest BCUT2D eigenvalue weighted by Crippen LogP contribution is -2.33. The molecule has 3 rings (SSSR count). The second kappa shape index (κ2) is 6.07. The van der Waals surface area contributed by atoms with E-state index in [9.17, 15) is 4.79 Å². The van der Waals surface area contributed by atoms with Crippen LogP contribution in [-0.4, -0.2) is 24.1 Å². The Labute approximate surface area is 145 Å². The van der Waals surface area contributed by atoms with Crippen molar-refractivity contribution in [3.63, 3.8) is 0 Å². The fourth-order valence-electron chi connectivity index (χ4n) is 2.68. The number of fused-ring (bicyclic) bond motifs is 1. The molecule has 1 aromatic carbocycles. The Kier molecular flexibility index (Phi) is 4.47. The molecule has 0 N–H and O–H groups in total. The number of hydrogen-bond acceptors (Lipinski definition) is 4. The topological polar surface area (TPSA) is 44.8 Å². The van der Waals surface area contributed by atoms with Crippen molar-refractivity contribution < 1.29 is 14.2 Å². The Morgan fingerprint density at radius 2 is 1.91 bits per heavy atom. The van der Waals surface area contributed by atoms with Crippen LogP contribution in [0.25, 0.3) is 0 Å². The van der Waals surface area contributed by atoms with Crippen molar-refractivity contribution >= 4 is 31.9 Å². The van der Waals surface area contributed by atoms with Crippen LogP contribution in [0.3, 0.4) is 0 Å². The Morgan fingerprint density at radius 3 is 2.68 bits per heavy atom. The first-order valence-electron chi connectivity index (χ1n) is 7.05. The molecule has 2 aliphatic rings. The second-order valence-corrected chi connectivity index (χ2v) is 7.50. The van der Waals surface area contributed by atoms with Gasteiger partial charge in [0.25, 0.3) is 0 Å². The van der Waals surface area contributed by atoms with Gasteiger partial charge in [-0.2, -0.15) is 0 Å². The summed E-state index contributed by atoms with van der Waals surface area (Å²) in [4.78, 5) is 12.3. The van der Waals surface area contributed by atoms with Crippen LogP contribution >= 0.6 is 31.9 Å². The van der Waals surface area contributed by atoms with Crippen molar-refractivity contribution in [3.8, 4) is 5.75 Å².